The summed E-state index contributed by atoms with van der Waals surface area (Å²) in [6.45, 7) is 0. The molecule has 3 heteroatoms. The van der Waals surface area contributed by atoms with E-state index < -0.39 is 0 Å². The first kappa shape index (κ1) is 18.5. The molecule has 9 rings (SSSR count). The Balaban J connectivity index is 1.84. The van der Waals surface area contributed by atoms with Crippen molar-refractivity contribution in [1.29, 1.82) is 0 Å². The highest BCUT2D eigenvalue weighted by Crippen LogP contribution is 2.47. The number of hydrogen-bond donors (Lipinski definition) is 0. The molecule has 0 aliphatic heterocycles. The molecule has 0 amide bonds. The van der Waals surface area contributed by atoms with Gasteiger partial charge in [0.2, 0.25) is 0 Å². The number of para-hydroxylation sites is 2. The lowest BCUT2D eigenvalue weighted by atomic mass is 9.97. The molecule has 9 aromatic rings. The average Bonchev–Trinajstić information content (AvgIpc) is 3.35. The molecule has 6 aromatic carbocycles. The van der Waals surface area contributed by atoms with E-state index in [1.165, 1.54) is 81.4 Å². The van der Waals surface area contributed by atoms with Gasteiger partial charge in [0.15, 0.2) is 0 Å². The summed E-state index contributed by atoms with van der Waals surface area (Å²) < 4.78 is 4.92. The number of hydrogen-bond acceptors (Lipinski definition) is 0. The van der Waals surface area contributed by atoms with Crippen molar-refractivity contribution in [2.75, 3.05) is 0 Å². The normalized spacial score (nSPS) is 12.7. The molecule has 0 atom stereocenters. The van der Waals surface area contributed by atoms with Gasteiger partial charge in [0.05, 0.1) is 50.4 Å². The first-order valence-electron chi connectivity index (χ1n) is 11.9. The van der Waals surface area contributed by atoms with Crippen LogP contribution in [0.1, 0.15) is 0 Å². The first-order valence-corrected chi connectivity index (χ1v) is 12.9. The largest absolute Gasteiger partial charge is 0.308 e. The van der Waals surface area contributed by atoms with E-state index in [2.05, 4.69) is 133 Å². The molecule has 35 heavy (non-hydrogen) atoms. The number of aromatic nitrogens is 2. The van der Waals surface area contributed by atoms with Gasteiger partial charge in [-0.25, -0.2) is 0 Å². The van der Waals surface area contributed by atoms with Crippen molar-refractivity contribution in [2.45, 2.75) is 0 Å². The van der Waals surface area contributed by atoms with E-state index in [9.17, 15) is 0 Å². The van der Waals surface area contributed by atoms with E-state index in [-0.39, 0.29) is 0 Å². The molecule has 0 aliphatic rings. The van der Waals surface area contributed by atoms with Crippen LogP contribution in [0, 0.1) is 0 Å². The van der Waals surface area contributed by atoms with Gasteiger partial charge in [-0.2, -0.15) is 0 Å². The first-order chi connectivity index (χ1) is 17.3. The van der Waals surface area contributed by atoms with Crippen molar-refractivity contribution < 1.29 is 0 Å². The van der Waals surface area contributed by atoms with E-state index in [0.29, 0.717) is 0 Å². The van der Waals surface area contributed by atoms with Gasteiger partial charge in [0.1, 0.15) is 0 Å². The van der Waals surface area contributed by atoms with Gasteiger partial charge in [0.25, 0.3) is 0 Å². The fourth-order valence-corrected chi connectivity index (χ4v) is 7.43. The second kappa shape index (κ2) is 6.23. The maximum absolute atomic E-state index is 2.53. The van der Waals surface area contributed by atoms with Crippen LogP contribution in [-0.4, -0.2) is 7.18 Å². The molecule has 162 valence electrons. The van der Waals surface area contributed by atoms with Crippen LogP contribution in [0.25, 0.3) is 81.4 Å². The van der Waals surface area contributed by atoms with Gasteiger partial charge in [-0.1, -0.05) is 84.9 Å². The predicted molar refractivity (Wildman–Crippen MR) is 159 cm³/mol. The van der Waals surface area contributed by atoms with Gasteiger partial charge in [-0.05, 0) is 34.4 Å². The van der Waals surface area contributed by atoms with E-state index >= 15 is 0 Å². The maximum Gasteiger partial charge on any atom is 0.0689 e. The Labute approximate surface area is 213 Å². The lowest BCUT2D eigenvalue weighted by Gasteiger charge is -2.07. The summed E-state index contributed by atoms with van der Waals surface area (Å²) in [4.78, 5) is 0. The molecule has 0 aliphatic carbocycles. The highest BCUT2D eigenvalue weighted by Gasteiger charge is 2.23. The molecule has 0 N–H and O–H groups in total. The summed E-state index contributed by atoms with van der Waals surface area (Å²) in [6.07, 6.45) is 0. The summed E-state index contributed by atoms with van der Waals surface area (Å²) in [5.41, 5.74) is 6.41. The minimum absolute atomic E-state index is 1.26. The predicted octanol–water partition coefficient (Wildman–Crippen LogP) is 9.45. The smallest absolute Gasteiger partial charge is 0.0689 e. The Morgan fingerprint density at radius 3 is 1.91 bits per heavy atom. The van der Waals surface area contributed by atoms with Crippen LogP contribution >= 0.6 is 22.9 Å². The molecule has 0 unspecified atom stereocenters. The number of rotatable bonds is 0. The lowest BCUT2D eigenvalue weighted by Crippen LogP contribution is -1.88. The maximum atomic E-state index is 2.53. The molecule has 0 saturated heterocycles. The minimum Gasteiger partial charge on any atom is -0.308 e. The molecular weight excluding hydrogens is 539 g/mol. The zero-order valence-electron chi connectivity index (χ0n) is 18.6. The van der Waals surface area contributed by atoms with Gasteiger partial charge >= 0.3 is 0 Å². The Morgan fingerprint density at radius 2 is 1.06 bits per heavy atom. The van der Waals surface area contributed by atoms with E-state index in [4.69, 9.17) is 0 Å². The van der Waals surface area contributed by atoms with Crippen molar-refractivity contribution in [3.63, 3.8) is 0 Å². The minimum atomic E-state index is 1.26. The molecule has 0 spiro atoms. The second-order valence-electron chi connectivity index (χ2n) is 9.54. The van der Waals surface area contributed by atoms with Crippen LogP contribution in [0.5, 0.6) is 0 Å². The summed E-state index contributed by atoms with van der Waals surface area (Å²) in [7, 11) is 0. The van der Waals surface area contributed by atoms with Crippen LogP contribution in [0.15, 0.2) is 103 Å². The standard InChI is InChI=1S/C32H17IN2/c33-35-27-17-18-8-1-3-10-20(18)28-24-14-7-13-23-22-12-5-6-15-25(22)34(31(23)24)26-16-19-9-2-4-11-21(19)32(35)30(26)29(27)28/h1-17H. The van der Waals surface area contributed by atoms with Crippen LogP contribution in [0.2, 0.25) is 0 Å². The van der Waals surface area contributed by atoms with E-state index in [0.717, 1.165) is 0 Å². The number of benzene rings is 6. The zero-order chi connectivity index (χ0) is 22.8. The third-order valence-corrected chi connectivity index (χ3v) is 8.89. The van der Waals surface area contributed by atoms with Gasteiger partial charge in [0, 0.05) is 37.7 Å². The Morgan fingerprint density at radius 1 is 0.429 bits per heavy atom. The van der Waals surface area contributed by atoms with Crippen molar-refractivity contribution in [1.82, 2.24) is 7.18 Å². The topological polar surface area (TPSA) is 9.34 Å². The Hall–Kier alpha value is -3.83. The van der Waals surface area contributed by atoms with Gasteiger partial charge in [-0.15, -0.1) is 0 Å². The van der Waals surface area contributed by atoms with Crippen molar-refractivity contribution in [3.8, 4) is 0 Å². The van der Waals surface area contributed by atoms with Crippen LogP contribution < -0.4 is 0 Å². The number of fused-ring (bicyclic) bond motifs is 9. The highest BCUT2D eigenvalue weighted by molar-refractivity contribution is 14.1. The van der Waals surface area contributed by atoms with E-state index in [1.54, 1.807) is 0 Å². The fraction of sp³-hybridized carbons (Fsp3) is 0. The average molecular weight is 556 g/mol. The molecule has 3 heterocycles. The van der Waals surface area contributed by atoms with Crippen LogP contribution in [0.3, 0.4) is 0 Å². The molecule has 0 saturated carbocycles. The SMILES string of the molecule is In1c2cc3ccccc3c3c4cccc5c6ccccc6n(c6cc7ccccc7c1c6c32)c54. The molecule has 0 fully saturated rings. The second-order valence-corrected chi connectivity index (χ2v) is 10.5. The highest BCUT2D eigenvalue weighted by atomic mass is 127. The monoisotopic (exact) mass is 556 g/mol. The Kier molecular flexibility index (Phi) is 3.29. The van der Waals surface area contributed by atoms with Crippen molar-refractivity contribution in [3.05, 3.63) is 103 Å². The van der Waals surface area contributed by atoms with Gasteiger partial charge in [-0.3, -0.25) is 2.78 Å². The molecule has 2 nitrogen and oxygen atoms in total. The van der Waals surface area contributed by atoms with Crippen LogP contribution in [-0.2, 0) is 0 Å². The third kappa shape index (κ3) is 2.08. The van der Waals surface area contributed by atoms with Gasteiger partial charge < -0.3 is 4.40 Å². The quantitative estimate of drug-likeness (QED) is 0.165. The summed E-state index contributed by atoms with van der Waals surface area (Å²) in [6, 6.07) is 38.1. The summed E-state index contributed by atoms with van der Waals surface area (Å²) >= 11 is 2.52. The van der Waals surface area contributed by atoms with E-state index in [1.807, 2.05) is 0 Å². The molecule has 0 radical (unpaired) electrons. The Bertz CT molecular complexity index is 2330. The zero-order valence-corrected chi connectivity index (χ0v) is 20.7. The van der Waals surface area contributed by atoms with Crippen molar-refractivity contribution in [2.24, 2.45) is 0 Å². The number of halogens is 1. The summed E-state index contributed by atoms with van der Waals surface area (Å²) in [5.74, 6) is 0. The lowest BCUT2D eigenvalue weighted by molar-refractivity contribution is 1.36. The molecule has 0 bridgehead atoms. The van der Waals surface area contributed by atoms with Crippen molar-refractivity contribution >= 4 is 104 Å². The fourth-order valence-electron chi connectivity index (χ4n) is 6.55. The summed E-state index contributed by atoms with van der Waals surface area (Å²) in [5, 5.41) is 13.1. The molecular formula is C32H17IN2. The molecule has 3 aromatic heterocycles. The number of nitrogens with zero attached hydrogens (tertiary/aromatic N) is 2. The third-order valence-electron chi connectivity index (χ3n) is 7.89. The van der Waals surface area contributed by atoms with Crippen LogP contribution in [0.4, 0.5) is 0 Å².